The maximum absolute atomic E-state index is 11.2. The number of halogens is 2. The highest BCUT2D eigenvalue weighted by atomic mass is 19.1. The zero-order valence-electron chi connectivity index (χ0n) is 3.12. The largest absolute Gasteiger partial charge is 0.215 e. The molecule has 0 radical (unpaired) electrons. The molecule has 0 aliphatic heterocycles. The summed E-state index contributed by atoms with van der Waals surface area (Å²) in [4.78, 5) is 0. The van der Waals surface area contributed by atoms with E-state index < -0.39 is 5.83 Å². The van der Waals surface area contributed by atoms with E-state index in [9.17, 15) is 8.78 Å². The van der Waals surface area contributed by atoms with Gasteiger partial charge in [-0.2, -0.15) is 0 Å². The van der Waals surface area contributed by atoms with Gasteiger partial charge in [-0.1, -0.05) is 6.58 Å². The Labute approximate surface area is 34.8 Å². The Balaban J connectivity index is 3.30. The summed E-state index contributed by atoms with van der Waals surface area (Å²) in [5.74, 6) is -0.766. The van der Waals surface area contributed by atoms with E-state index in [-0.39, 0.29) is 6.33 Å². The Kier molecular flexibility index (Phi) is 2.29. The third-order valence-electron chi connectivity index (χ3n) is 0.244. The first-order valence-electron chi connectivity index (χ1n) is 1.38. The topological polar surface area (TPSA) is 0 Å². The van der Waals surface area contributed by atoms with Crippen molar-refractivity contribution in [2.75, 3.05) is 0 Å². The normalized spacial score (nSPS) is 9.67. The van der Waals surface area contributed by atoms with E-state index in [1.807, 2.05) is 0 Å². The maximum atomic E-state index is 11.2. The molecule has 0 saturated heterocycles. The molecule has 0 nitrogen and oxygen atoms in total. The van der Waals surface area contributed by atoms with Gasteiger partial charge in [0.1, 0.15) is 5.83 Å². The second-order valence-corrected chi connectivity index (χ2v) is 0.740. The van der Waals surface area contributed by atoms with Crippen molar-refractivity contribution < 1.29 is 8.78 Å². The van der Waals surface area contributed by atoms with Crippen LogP contribution in [0.4, 0.5) is 8.78 Å². The van der Waals surface area contributed by atoms with E-state index in [1.54, 1.807) is 0 Å². The van der Waals surface area contributed by atoms with Crippen molar-refractivity contribution in [1.29, 1.82) is 0 Å². The first kappa shape index (κ1) is 5.34. The number of hydrogen-bond acceptors (Lipinski definition) is 0. The van der Waals surface area contributed by atoms with Gasteiger partial charge in [-0.3, -0.25) is 0 Å². The Morgan fingerprint density at radius 3 is 2.17 bits per heavy atom. The predicted octanol–water partition coefficient (Wildman–Crippen LogP) is 1.95. The lowest BCUT2D eigenvalue weighted by molar-refractivity contribution is 0.655. The van der Waals surface area contributed by atoms with Gasteiger partial charge in [-0.15, -0.1) is 0 Å². The Hall–Kier alpha value is -0.660. The maximum Gasteiger partial charge on any atom is 0.118 e. The van der Waals surface area contributed by atoms with Gasteiger partial charge in [0.25, 0.3) is 0 Å². The highest BCUT2D eigenvalue weighted by molar-refractivity contribution is 5.01. The molecule has 0 N–H and O–H groups in total. The summed E-state index contributed by atoms with van der Waals surface area (Å²) in [6.45, 7) is 2.75. The Bertz CT molecular complexity index is 73.6. The Morgan fingerprint density at radius 1 is 1.67 bits per heavy atom. The molecule has 0 atom stereocenters. The monoisotopic (exact) mass is 90.0 g/mol. The van der Waals surface area contributed by atoms with Crippen LogP contribution < -0.4 is 0 Å². The van der Waals surface area contributed by atoms with Gasteiger partial charge in [-0.25, -0.2) is 8.78 Å². The molecule has 0 spiro atoms. The average molecular weight is 90.1 g/mol. The Morgan fingerprint density at radius 2 is 2.17 bits per heavy atom. The van der Waals surface area contributed by atoms with Gasteiger partial charge in [0.15, 0.2) is 0 Å². The van der Waals surface area contributed by atoms with E-state index in [0.717, 1.165) is 0 Å². The van der Waals surface area contributed by atoms with Crippen LogP contribution in [0.1, 0.15) is 0 Å². The SMILES string of the molecule is C=C(F)/C=C/F. The molecule has 0 aliphatic rings. The van der Waals surface area contributed by atoms with Gasteiger partial charge in [-0.05, 0) is 0 Å². The number of rotatable bonds is 1. The van der Waals surface area contributed by atoms with Crippen LogP contribution in [0.3, 0.4) is 0 Å². The fourth-order valence-electron chi connectivity index (χ4n) is 0.0684. The summed E-state index contributed by atoms with van der Waals surface area (Å²) < 4.78 is 21.9. The van der Waals surface area contributed by atoms with Crippen molar-refractivity contribution >= 4 is 0 Å². The van der Waals surface area contributed by atoms with E-state index in [1.165, 1.54) is 0 Å². The van der Waals surface area contributed by atoms with Crippen LogP contribution in [-0.2, 0) is 0 Å². The summed E-state index contributed by atoms with van der Waals surface area (Å²) >= 11 is 0. The highest BCUT2D eigenvalue weighted by Gasteiger charge is 1.72. The molecule has 0 fully saturated rings. The van der Waals surface area contributed by atoms with Crippen LogP contribution >= 0.6 is 0 Å². The van der Waals surface area contributed by atoms with Crippen molar-refractivity contribution in [1.82, 2.24) is 0 Å². The standard InChI is InChI=1S/C4H4F2/c1-4(6)2-3-5/h2-3H,1H2/b3-2+. The zero-order valence-corrected chi connectivity index (χ0v) is 3.12. The molecule has 0 saturated carbocycles. The van der Waals surface area contributed by atoms with Crippen molar-refractivity contribution in [3.8, 4) is 0 Å². The molecule has 0 aromatic rings. The predicted molar refractivity (Wildman–Crippen MR) is 20.5 cm³/mol. The molecule has 34 valence electrons. The molecule has 6 heavy (non-hydrogen) atoms. The number of hydrogen-bond donors (Lipinski definition) is 0. The van der Waals surface area contributed by atoms with Gasteiger partial charge in [0.2, 0.25) is 0 Å². The summed E-state index contributed by atoms with van der Waals surface area (Å²) in [7, 11) is 0. The zero-order chi connectivity index (χ0) is 4.99. The molecule has 0 rings (SSSR count). The average Bonchev–Trinajstić information content (AvgIpc) is 1.35. The fraction of sp³-hybridized carbons (Fsp3) is 0. The van der Waals surface area contributed by atoms with E-state index in [4.69, 9.17) is 0 Å². The van der Waals surface area contributed by atoms with Crippen LogP contribution in [0.25, 0.3) is 0 Å². The summed E-state index contributed by atoms with van der Waals surface area (Å²) in [6, 6.07) is 0. The third-order valence-corrected chi connectivity index (χ3v) is 0.244. The molecule has 0 unspecified atom stereocenters. The lowest BCUT2D eigenvalue weighted by Gasteiger charge is -1.68. The molecule has 0 amide bonds. The minimum Gasteiger partial charge on any atom is -0.215 e. The van der Waals surface area contributed by atoms with E-state index >= 15 is 0 Å². The van der Waals surface area contributed by atoms with Gasteiger partial charge < -0.3 is 0 Å². The molecule has 0 bridgehead atoms. The molecular formula is C4H4F2. The first-order chi connectivity index (χ1) is 2.77. The first-order valence-corrected chi connectivity index (χ1v) is 1.38. The van der Waals surface area contributed by atoms with Crippen molar-refractivity contribution in [3.63, 3.8) is 0 Å². The van der Waals surface area contributed by atoms with Gasteiger partial charge in [0, 0.05) is 6.08 Å². The van der Waals surface area contributed by atoms with Crippen molar-refractivity contribution in [2.45, 2.75) is 0 Å². The molecule has 0 aromatic carbocycles. The second-order valence-electron chi connectivity index (χ2n) is 0.740. The van der Waals surface area contributed by atoms with E-state index in [0.29, 0.717) is 6.08 Å². The summed E-state index contributed by atoms with van der Waals surface area (Å²) in [5, 5.41) is 0. The fourth-order valence-corrected chi connectivity index (χ4v) is 0.0684. The molecule has 2 heteroatoms. The van der Waals surface area contributed by atoms with Crippen LogP contribution in [0.15, 0.2) is 24.8 Å². The molecular weight excluding hydrogens is 86.0 g/mol. The smallest absolute Gasteiger partial charge is 0.118 e. The van der Waals surface area contributed by atoms with E-state index in [2.05, 4.69) is 6.58 Å². The van der Waals surface area contributed by atoms with Crippen LogP contribution in [-0.4, -0.2) is 0 Å². The number of allylic oxidation sites excluding steroid dienone is 2. The lowest BCUT2D eigenvalue weighted by Crippen LogP contribution is -1.50. The lowest BCUT2D eigenvalue weighted by atomic mass is 10.6. The minimum atomic E-state index is -0.766. The summed E-state index contributed by atoms with van der Waals surface area (Å²) in [6.07, 6.45) is 0.738. The third kappa shape index (κ3) is 3.34. The van der Waals surface area contributed by atoms with Gasteiger partial charge >= 0.3 is 0 Å². The van der Waals surface area contributed by atoms with Crippen LogP contribution in [0.2, 0.25) is 0 Å². The van der Waals surface area contributed by atoms with Gasteiger partial charge in [0.05, 0.1) is 6.33 Å². The quantitative estimate of drug-likeness (QED) is 0.432. The van der Waals surface area contributed by atoms with Crippen LogP contribution in [0.5, 0.6) is 0 Å². The minimum absolute atomic E-state index is 0.0995. The molecule has 0 aliphatic carbocycles. The summed E-state index contributed by atoms with van der Waals surface area (Å²) in [5.41, 5.74) is 0. The van der Waals surface area contributed by atoms with Crippen molar-refractivity contribution in [2.24, 2.45) is 0 Å². The molecule has 0 heterocycles. The van der Waals surface area contributed by atoms with Crippen LogP contribution in [0, 0.1) is 0 Å². The second kappa shape index (κ2) is 2.57. The molecule has 0 aromatic heterocycles. The highest BCUT2D eigenvalue weighted by Crippen LogP contribution is 1.90. The van der Waals surface area contributed by atoms with Crippen molar-refractivity contribution in [3.05, 3.63) is 24.8 Å².